The van der Waals surface area contributed by atoms with E-state index in [2.05, 4.69) is 50.5 Å². The molecule has 2 aromatic heterocycles. The molecule has 0 bridgehead atoms. The summed E-state index contributed by atoms with van der Waals surface area (Å²) in [6, 6.07) is 18.3. The lowest BCUT2D eigenvalue weighted by Gasteiger charge is -2.10. The number of para-hydroxylation sites is 1. The van der Waals surface area contributed by atoms with Crippen molar-refractivity contribution in [1.82, 2.24) is 20.0 Å². The summed E-state index contributed by atoms with van der Waals surface area (Å²) in [7, 11) is 0. The molecule has 0 radical (unpaired) electrons. The summed E-state index contributed by atoms with van der Waals surface area (Å²) < 4.78 is 8.71. The first-order valence-electron chi connectivity index (χ1n) is 9.45. The van der Waals surface area contributed by atoms with E-state index in [0.29, 0.717) is 26.2 Å². The van der Waals surface area contributed by atoms with Gasteiger partial charge >= 0.3 is 0 Å². The molecule has 7 heteroatoms. The molecule has 2 aromatic carbocycles. The number of aliphatic hydroxyl groups is 1. The third-order valence-electron chi connectivity index (χ3n) is 4.58. The van der Waals surface area contributed by atoms with E-state index in [0.717, 1.165) is 37.9 Å². The van der Waals surface area contributed by atoms with E-state index >= 15 is 0 Å². The fourth-order valence-electron chi connectivity index (χ4n) is 3.15. The smallest absolute Gasteiger partial charge is 0.108 e. The van der Waals surface area contributed by atoms with E-state index in [-0.39, 0.29) is 6.61 Å². The number of fused-ring (bicyclic) bond motifs is 1. The van der Waals surface area contributed by atoms with Gasteiger partial charge in [0.1, 0.15) is 5.69 Å². The van der Waals surface area contributed by atoms with Gasteiger partial charge in [-0.1, -0.05) is 51.5 Å². The van der Waals surface area contributed by atoms with E-state index < -0.39 is 0 Å². The van der Waals surface area contributed by atoms with Gasteiger partial charge in [-0.15, -0.1) is 5.10 Å². The van der Waals surface area contributed by atoms with Crippen molar-refractivity contribution in [3.05, 3.63) is 76.5 Å². The third-order valence-corrected chi connectivity index (χ3v) is 5.11. The second-order valence-electron chi connectivity index (χ2n) is 6.73. The predicted molar refractivity (Wildman–Crippen MR) is 115 cm³/mol. The van der Waals surface area contributed by atoms with Crippen LogP contribution in [0.25, 0.3) is 22.2 Å². The van der Waals surface area contributed by atoms with E-state index in [1.165, 1.54) is 0 Å². The number of aryl methyl sites for hydroxylation is 1. The Balaban J connectivity index is 1.53. The van der Waals surface area contributed by atoms with Crippen molar-refractivity contribution in [3.63, 3.8) is 0 Å². The highest BCUT2D eigenvalue weighted by Gasteiger charge is 2.09. The summed E-state index contributed by atoms with van der Waals surface area (Å²) in [5, 5.41) is 18.2. The number of aromatic nitrogens is 4. The monoisotopic (exact) mass is 452 g/mol. The summed E-state index contributed by atoms with van der Waals surface area (Å²) in [5.41, 5.74) is 4.79. The lowest BCUT2D eigenvalue weighted by molar-refractivity contribution is 0.105. The Bertz CT molecular complexity index is 1100. The van der Waals surface area contributed by atoms with Gasteiger partial charge in [0.25, 0.3) is 0 Å². The number of pyridine rings is 1. The molecule has 0 saturated carbocycles. The molecule has 0 aliphatic carbocycles. The highest BCUT2D eigenvalue weighted by molar-refractivity contribution is 9.10. The lowest BCUT2D eigenvalue weighted by atomic mass is 10.0. The molecule has 0 unspecified atom stereocenters. The zero-order valence-electron chi connectivity index (χ0n) is 15.8. The van der Waals surface area contributed by atoms with Gasteiger partial charge in [-0.3, -0.25) is 4.68 Å². The van der Waals surface area contributed by atoms with Crippen LogP contribution in [0.5, 0.6) is 0 Å². The van der Waals surface area contributed by atoms with E-state index in [4.69, 9.17) is 14.8 Å². The fraction of sp³-hybridized carbons (Fsp3) is 0.227. The van der Waals surface area contributed by atoms with Crippen LogP contribution in [0.3, 0.4) is 0 Å². The minimum Gasteiger partial charge on any atom is -0.396 e. The SMILES string of the molecule is OCCCn1cc(COCc2cc(-c3ccc(Br)cc3)nc3ccccc23)nn1. The fourth-order valence-corrected chi connectivity index (χ4v) is 3.41. The van der Waals surface area contributed by atoms with Gasteiger partial charge in [0.15, 0.2) is 0 Å². The minimum atomic E-state index is 0.140. The molecule has 0 spiro atoms. The van der Waals surface area contributed by atoms with Gasteiger partial charge in [-0.25, -0.2) is 4.98 Å². The zero-order chi connectivity index (χ0) is 20.1. The second kappa shape index (κ2) is 9.26. The van der Waals surface area contributed by atoms with Gasteiger partial charge in [0.05, 0.1) is 30.6 Å². The van der Waals surface area contributed by atoms with Gasteiger partial charge < -0.3 is 9.84 Å². The Kier molecular flexibility index (Phi) is 6.29. The Morgan fingerprint density at radius 2 is 1.86 bits per heavy atom. The Hall–Kier alpha value is -2.61. The number of ether oxygens (including phenoxy) is 1. The minimum absolute atomic E-state index is 0.140. The van der Waals surface area contributed by atoms with E-state index in [9.17, 15) is 0 Å². The first-order chi connectivity index (χ1) is 14.2. The summed E-state index contributed by atoms with van der Waals surface area (Å²) in [5.74, 6) is 0. The van der Waals surface area contributed by atoms with Gasteiger partial charge in [-0.05, 0) is 36.2 Å². The number of benzene rings is 2. The number of aliphatic hydroxyl groups excluding tert-OH is 1. The highest BCUT2D eigenvalue weighted by Crippen LogP contribution is 2.26. The van der Waals surface area contributed by atoms with Crippen molar-refractivity contribution < 1.29 is 9.84 Å². The molecule has 0 aliphatic rings. The summed E-state index contributed by atoms with van der Waals surface area (Å²) in [4.78, 5) is 4.82. The molecule has 0 amide bonds. The molecule has 0 saturated heterocycles. The molecule has 6 nitrogen and oxygen atoms in total. The van der Waals surface area contributed by atoms with E-state index in [1.54, 1.807) is 4.68 Å². The van der Waals surface area contributed by atoms with Crippen LogP contribution in [0.2, 0.25) is 0 Å². The Labute approximate surface area is 177 Å². The van der Waals surface area contributed by atoms with Crippen LogP contribution in [0.1, 0.15) is 17.7 Å². The van der Waals surface area contributed by atoms with Gasteiger partial charge in [0.2, 0.25) is 0 Å². The maximum absolute atomic E-state index is 8.91. The molecular formula is C22H21BrN4O2. The molecule has 4 aromatic rings. The summed E-state index contributed by atoms with van der Waals surface area (Å²) in [6.45, 7) is 1.62. The highest BCUT2D eigenvalue weighted by atomic mass is 79.9. The molecule has 148 valence electrons. The molecule has 2 heterocycles. The topological polar surface area (TPSA) is 73.1 Å². The first kappa shape index (κ1) is 19.7. The van der Waals surface area contributed by atoms with Crippen LogP contribution < -0.4 is 0 Å². The van der Waals surface area contributed by atoms with Crippen LogP contribution >= 0.6 is 15.9 Å². The molecule has 4 rings (SSSR count). The third kappa shape index (κ3) is 4.87. The maximum atomic E-state index is 8.91. The predicted octanol–water partition coefficient (Wildman–Crippen LogP) is 4.36. The van der Waals surface area contributed by atoms with Crippen molar-refractivity contribution in [2.24, 2.45) is 0 Å². The average molecular weight is 453 g/mol. The van der Waals surface area contributed by atoms with E-state index in [1.807, 2.05) is 36.5 Å². The molecule has 0 fully saturated rings. The zero-order valence-corrected chi connectivity index (χ0v) is 17.4. The number of hydrogen-bond acceptors (Lipinski definition) is 5. The molecule has 1 N–H and O–H groups in total. The Morgan fingerprint density at radius 1 is 1.03 bits per heavy atom. The van der Waals surface area contributed by atoms with Crippen LogP contribution in [0, 0.1) is 0 Å². The molecule has 29 heavy (non-hydrogen) atoms. The standard InChI is InChI=1S/C22H21BrN4O2/c23-18-8-6-16(7-9-18)22-12-17(20-4-1-2-5-21(20)24-22)14-29-15-19-13-27(26-25-19)10-3-11-28/h1-2,4-9,12-13,28H,3,10-11,14-15H2. The van der Waals surface area contributed by atoms with Crippen LogP contribution in [-0.2, 0) is 24.5 Å². The second-order valence-corrected chi connectivity index (χ2v) is 7.65. The maximum Gasteiger partial charge on any atom is 0.108 e. The average Bonchev–Trinajstić information content (AvgIpc) is 3.20. The molecule has 0 atom stereocenters. The summed E-state index contributed by atoms with van der Waals surface area (Å²) >= 11 is 3.48. The Morgan fingerprint density at radius 3 is 2.69 bits per heavy atom. The number of nitrogens with zero attached hydrogens (tertiary/aromatic N) is 4. The summed E-state index contributed by atoms with van der Waals surface area (Å²) in [6.07, 6.45) is 2.51. The van der Waals surface area contributed by atoms with Crippen molar-refractivity contribution in [2.75, 3.05) is 6.61 Å². The number of hydrogen-bond donors (Lipinski definition) is 1. The molecule has 0 aliphatic heterocycles. The quantitative estimate of drug-likeness (QED) is 0.429. The lowest BCUT2D eigenvalue weighted by Crippen LogP contribution is -2.00. The molecular weight excluding hydrogens is 432 g/mol. The van der Waals surface area contributed by atoms with Crippen molar-refractivity contribution in [3.8, 4) is 11.3 Å². The number of halogens is 1. The first-order valence-corrected chi connectivity index (χ1v) is 10.2. The van der Waals surface area contributed by atoms with Crippen molar-refractivity contribution >= 4 is 26.8 Å². The normalized spacial score (nSPS) is 11.2. The van der Waals surface area contributed by atoms with Crippen LogP contribution in [0.15, 0.2) is 65.3 Å². The number of rotatable bonds is 8. The van der Waals surface area contributed by atoms with Crippen molar-refractivity contribution in [1.29, 1.82) is 0 Å². The van der Waals surface area contributed by atoms with Gasteiger partial charge in [-0.2, -0.15) is 0 Å². The van der Waals surface area contributed by atoms with Crippen LogP contribution in [0.4, 0.5) is 0 Å². The van der Waals surface area contributed by atoms with Gasteiger partial charge in [0, 0.05) is 28.6 Å². The van der Waals surface area contributed by atoms with Crippen LogP contribution in [-0.4, -0.2) is 31.7 Å². The largest absolute Gasteiger partial charge is 0.396 e. The van der Waals surface area contributed by atoms with Crippen molar-refractivity contribution in [2.45, 2.75) is 26.2 Å².